The molecule has 0 bridgehead atoms. The monoisotopic (exact) mass is 258 g/mol. The fraction of sp³-hybridized carbons (Fsp3) is 0.846. The van der Waals surface area contributed by atoms with E-state index >= 15 is 0 Å². The molecule has 0 atom stereocenters. The van der Waals surface area contributed by atoms with Crippen LogP contribution in [0.2, 0.25) is 0 Å². The number of carboxylic acids is 1. The van der Waals surface area contributed by atoms with Gasteiger partial charge in [0.15, 0.2) is 0 Å². The van der Waals surface area contributed by atoms with Crippen molar-refractivity contribution in [2.45, 2.75) is 65.5 Å². The van der Waals surface area contributed by atoms with Gasteiger partial charge in [0.2, 0.25) is 0 Å². The van der Waals surface area contributed by atoms with E-state index in [1.807, 2.05) is 41.5 Å². The quantitative estimate of drug-likeness (QED) is 0.795. The van der Waals surface area contributed by atoms with Gasteiger partial charge in [-0.15, -0.1) is 0 Å². The van der Waals surface area contributed by atoms with E-state index in [4.69, 9.17) is 5.11 Å². The number of carbonyl (C=O) groups excluding carboxylic acids is 1. The van der Waals surface area contributed by atoms with E-state index in [0.717, 1.165) is 12.8 Å². The smallest absolute Gasteiger partial charge is 0.323 e. The minimum Gasteiger partial charge on any atom is -0.480 e. The molecule has 5 heteroatoms. The number of aliphatic carboxylic acids is 1. The number of nitrogens with one attached hydrogen (secondary N) is 1. The molecular formula is C13H26N2O3. The predicted octanol–water partition coefficient (Wildman–Crippen LogP) is 2.46. The highest BCUT2D eigenvalue weighted by Gasteiger charge is 2.31. The maximum atomic E-state index is 12.2. The minimum atomic E-state index is -1.01. The van der Waals surface area contributed by atoms with Crippen molar-refractivity contribution in [3.8, 4) is 0 Å². The van der Waals surface area contributed by atoms with Gasteiger partial charge in [0.05, 0.1) is 0 Å². The van der Waals surface area contributed by atoms with Gasteiger partial charge in [-0.25, -0.2) is 4.79 Å². The van der Waals surface area contributed by atoms with Gasteiger partial charge in [-0.1, -0.05) is 13.3 Å². The molecule has 0 aliphatic carbocycles. The highest BCUT2D eigenvalue weighted by Crippen LogP contribution is 2.16. The van der Waals surface area contributed by atoms with Crippen LogP contribution in [-0.2, 0) is 4.79 Å². The SMILES string of the molecule is CCCC(C)(C)NC(=O)N(CC(=O)O)C(C)(C)C. The molecule has 0 aromatic rings. The van der Waals surface area contributed by atoms with E-state index in [1.165, 1.54) is 4.90 Å². The Morgan fingerprint density at radius 2 is 1.67 bits per heavy atom. The first-order chi connectivity index (χ1) is 7.99. The van der Waals surface area contributed by atoms with Crippen LogP contribution in [0.5, 0.6) is 0 Å². The number of hydrogen-bond donors (Lipinski definition) is 2. The topological polar surface area (TPSA) is 69.6 Å². The molecule has 0 aromatic heterocycles. The van der Waals surface area contributed by atoms with Gasteiger partial charge in [0.25, 0.3) is 0 Å². The molecule has 2 N–H and O–H groups in total. The molecule has 0 aromatic carbocycles. The van der Waals surface area contributed by atoms with Crippen LogP contribution in [0.4, 0.5) is 4.79 Å². The van der Waals surface area contributed by atoms with Crippen LogP contribution < -0.4 is 5.32 Å². The van der Waals surface area contributed by atoms with Gasteiger partial charge in [-0.2, -0.15) is 0 Å². The third-order valence-corrected chi connectivity index (χ3v) is 2.67. The zero-order valence-corrected chi connectivity index (χ0v) is 12.3. The molecule has 2 amide bonds. The summed E-state index contributed by atoms with van der Waals surface area (Å²) in [4.78, 5) is 24.3. The van der Waals surface area contributed by atoms with Crippen LogP contribution in [-0.4, -0.2) is 39.6 Å². The number of amides is 2. The van der Waals surface area contributed by atoms with Crippen LogP contribution in [0, 0.1) is 0 Å². The summed E-state index contributed by atoms with van der Waals surface area (Å²) in [7, 11) is 0. The van der Waals surface area contributed by atoms with Crippen molar-refractivity contribution in [3.63, 3.8) is 0 Å². The number of urea groups is 1. The number of carboxylic acid groups (broad SMARTS) is 1. The first kappa shape index (κ1) is 16.7. The molecule has 0 saturated heterocycles. The normalized spacial score (nSPS) is 12.1. The standard InChI is InChI=1S/C13H26N2O3/c1-7-8-13(5,6)14-11(18)15(9-10(16)17)12(2,3)4/h7-9H2,1-6H3,(H,14,18)(H,16,17). The first-order valence-corrected chi connectivity index (χ1v) is 6.31. The Hall–Kier alpha value is -1.26. The second-order valence-electron chi connectivity index (χ2n) is 6.21. The Bertz CT molecular complexity index is 306. The molecular weight excluding hydrogens is 232 g/mol. The van der Waals surface area contributed by atoms with Crippen molar-refractivity contribution in [1.29, 1.82) is 0 Å². The molecule has 106 valence electrons. The summed E-state index contributed by atoms with van der Waals surface area (Å²) in [5, 5.41) is 11.8. The summed E-state index contributed by atoms with van der Waals surface area (Å²) < 4.78 is 0. The lowest BCUT2D eigenvalue weighted by atomic mass is 9.99. The van der Waals surface area contributed by atoms with E-state index < -0.39 is 11.5 Å². The number of hydrogen-bond acceptors (Lipinski definition) is 2. The highest BCUT2D eigenvalue weighted by atomic mass is 16.4. The Labute approximate surface area is 110 Å². The summed E-state index contributed by atoms with van der Waals surface area (Å²) >= 11 is 0. The van der Waals surface area contributed by atoms with Gasteiger partial charge >= 0.3 is 12.0 Å². The maximum absolute atomic E-state index is 12.2. The molecule has 0 aliphatic rings. The van der Waals surface area contributed by atoms with Crippen molar-refractivity contribution in [3.05, 3.63) is 0 Å². The Morgan fingerprint density at radius 1 is 1.17 bits per heavy atom. The Morgan fingerprint density at radius 3 is 2.00 bits per heavy atom. The third-order valence-electron chi connectivity index (χ3n) is 2.67. The van der Waals surface area contributed by atoms with E-state index in [0.29, 0.717) is 0 Å². The Balaban J connectivity index is 4.82. The lowest BCUT2D eigenvalue weighted by Crippen LogP contribution is -2.56. The molecule has 0 fully saturated rings. The van der Waals surface area contributed by atoms with E-state index in [2.05, 4.69) is 5.32 Å². The largest absolute Gasteiger partial charge is 0.480 e. The Kier molecular flexibility index (Phi) is 5.64. The fourth-order valence-corrected chi connectivity index (χ4v) is 1.79. The third kappa shape index (κ3) is 5.89. The van der Waals surface area contributed by atoms with E-state index in [1.54, 1.807) is 0 Å². The average molecular weight is 258 g/mol. The predicted molar refractivity (Wildman–Crippen MR) is 71.6 cm³/mol. The highest BCUT2D eigenvalue weighted by molar-refractivity contribution is 5.81. The summed E-state index contributed by atoms with van der Waals surface area (Å²) in [5.74, 6) is -1.01. The number of nitrogens with zero attached hydrogens (tertiary/aromatic N) is 1. The van der Waals surface area contributed by atoms with Crippen LogP contribution in [0.25, 0.3) is 0 Å². The van der Waals surface area contributed by atoms with Crippen LogP contribution in [0.15, 0.2) is 0 Å². The van der Waals surface area contributed by atoms with Crippen molar-refractivity contribution in [2.75, 3.05) is 6.54 Å². The second kappa shape index (κ2) is 6.07. The minimum absolute atomic E-state index is 0.294. The zero-order chi connectivity index (χ0) is 14.6. The fourth-order valence-electron chi connectivity index (χ4n) is 1.79. The number of carbonyl (C=O) groups is 2. The summed E-state index contributed by atoms with van der Waals surface area (Å²) in [6.07, 6.45) is 1.81. The van der Waals surface area contributed by atoms with Crippen LogP contribution in [0.3, 0.4) is 0 Å². The van der Waals surface area contributed by atoms with Gasteiger partial charge in [-0.3, -0.25) is 4.79 Å². The molecule has 0 aliphatic heterocycles. The molecule has 0 rings (SSSR count). The number of rotatable bonds is 5. The van der Waals surface area contributed by atoms with Crippen molar-refractivity contribution >= 4 is 12.0 Å². The summed E-state index contributed by atoms with van der Waals surface area (Å²) in [5.41, 5.74) is -0.849. The molecule has 0 heterocycles. The molecule has 0 saturated carbocycles. The first-order valence-electron chi connectivity index (χ1n) is 6.31. The second-order valence-corrected chi connectivity index (χ2v) is 6.21. The van der Waals surface area contributed by atoms with Gasteiger partial charge < -0.3 is 15.3 Å². The lowest BCUT2D eigenvalue weighted by Gasteiger charge is -2.37. The molecule has 0 radical (unpaired) electrons. The molecule has 0 unspecified atom stereocenters. The van der Waals surface area contributed by atoms with Crippen molar-refractivity contribution in [2.24, 2.45) is 0 Å². The van der Waals surface area contributed by atoms with E-state index in [9.17, 15) is 9.59 Å². The van der Waals surface area contributed by atoms with Crippen molar-refractivity contribution in [1.82, 2.24) is 10.2 Å². The van der Waals surface area contributed by atoms with Gasteiger partial charge in [0, 0.05) is 11.1 Å². The van der Waals surface area contributed by atoms with Gasteiger partial charge in [-0.05, 0) is 41.0 Å². The van der Waals surface area contributed by atoms with Crippen LogP contribution >= 0.6 is 0 Å². The molecule has 5 nitrogen and oxygen atoms in total. The van der Waals surface area contributed by atoms with Crippen LogP contribution in [0.1, 0.15) is 54.4 Å². The summed E-state index contributed by atoms with van der Waals surface area (Å²) in [6.45, 7) is 11.1. The maximum Gasteiger partial charge on any atom is 0.323 e. The lowest BCUT2D eigenvalue weighted by molar-refractivity contribution is -0.138. The van der Waals surface area contributed by atoms with E-state index in [-0.39, 0.29) is 18.1 Å². The molecule has 18 heavy (non-hydrogen) atoms. The van der Waals surface area contributed by atoms with Gasteiger partial charge in [0.1, 0.15) is 6.54 Å². The van der Waals surface area contributed by atoms with Crippen molar-refractivity contribution < 1.29 is 14.7 Å². The average Bonchev–Trinajstić information content (AvgIpc) is 2.10. The molecule has 0 spiro atoms. The zero-order valence-electron chi connectivity index (χ0n) is 12.3. The summed E-state index contributed by atoms with van der Waals surface area (Å²) in [6, 6.07) is -0.330.